The van der Waals surface area contributed by atoms with Gasteiger partial charge < -0.3 is 9.73 Å². The lowest BCUT2D eigenvalue weighted by Crippen LogP contribution is -2.21. The van der Waals surface area contributed by atoms with Crippen molar-refractivity contribution in [2.75, 3.05) is 0 Å². The van der Waals surface area contributed by atoms with Crippen molar-refractivity contribution in [3.63, 3.8) is 0 Å². The van der Waals surface area contributed by atoms with Gasteiger partial charge in [-0.2, -0.15) is 0 Å². The number of hydrogen-bond donors (Lipinski definition) is 1. The van der Waals surface area contributed by atoms with Gasteiger partial charge >= 0.3 is 0 Å². The Bertz CT molecular complexity index is 687. The average molecular weight is 298 g/mol. The highest BCUT2D eigenvalue weighted by molar-refractivity contribution is 7.15. The molecule has 21 heavy (non-hydrogen) atoms. The second kappa shape index (κ2) is 6.24. The van der Waals surface area contributed by atoms with Gasteiger partial charge in [-0.3, -0.25) is 0 Å². The topological polar surface area (TPSA) is 38.1 Å². The van der Waals surface area contributed by atoms with Crippen LogP contribution in [0, 0.1) is 0 Å². The van der Waals surface area contributed by atoms with E-state index in [-0.39, 0.29) is 0 Å². The first-order valence-corrected chi connectivity index (χ1v) is 7.88. The van der Waals surface area contributed by atoms with Crippen LogP contribution in [0.15, 0.2) is 53.1 Å². The first-order valence-electron chi connectivity index (χ1n) is 7.06. The molecule has 2 aromatic heterocycles. The van der Waals surface area contributed by atoms with E-state index in [2.05, 4.69) is 31.3 Å². The van der Waals surface area contributed by atoms with Gasteiger partial charge in [-0.25, -0.2) is 4.98 Å². The highest BCUT2D eigenvalue weighted by atomic mass is 32.1. The van der Waals surface area contributed by atoms with Gasteiger partial charge in [-0.1, -0.05) is 44.2 Å². The van der Waals surface area contributed by atoms with E-state index in [0.29, 0.717) is 6.04 Å². The standard InChI is InChI=1S/C17H18N2OS/c1-12(2)18-11-15-16(13-7-4-3-5-8-13)19-17(21-15)14-9-6-10-20-14/h3-10,12,18H,11H2,1-2H3. The Hall–Kier alpha value is -1.91. The fourth-order valence-corrected chi connectivity index (χ4v) is 3.10. The normalized spacial score (nSPS) is 11.2. The quantitative estimate of drug-likeness (QED) is 0.750. The summed E-state index contributed by atoms with van der Waals surface area (Å²) in [5, 5.41) is 4.40. The molecule has 0 aliphatic heterocycles. The lowest BCUT2D eigenvalue weighted by atomic mass is 10.1. The molecule has 0 saturated carbocycles. The molecule has 0 saturated heterocycles. The molecule has 3 rings (SSSR count). The zero-order valence-electron chi connectivity index (χ0n) is 12.2. The molecule has 0 fully saturated rings. The summed E-state index contributed by atoms with van der Waals surface area (Å²) in [6, 6.07) is 14.6. The maximum Gasteiger partial charge on any atom is 0.162 e. The van der Waals surface area contributed by atoms with Gasteiger partial charge in [-0.15, -0.1) is 11.3 Å². The van der Waals surface area contributed by atoms with Crippen LogP contribution in [0.5, 0.6) is 0 Å². The van der Waals surface area contributed by atoms with Crippen LogP contribution in [0.4, 0.5) is 0 Å². The number of nitrogens with one attached hydrogen (secondary N) is 1. The monoisotopic (exact) mass is 298 g/mol. The van der Waals surface area contributed by atoms with E-state index in [4.69, 9.17) is 9.40 Å². The van der Waals surface area contributed by atoms with Crippen LogP contribution in [-0.2, 0) is 6.54 Å². The summed E-state index contributed by atoms with van der Waals surface area (Å²) < 4.78 is 5.48. The van der Waals surface area contributed by atoms with Gasteiger partial charge in [0.25, 0.3) is 0 Å². The maximum absolute atomic E-state index is 5.48. The van der Waals surface area contributed by atoms with Crippen molar-refractivity contribution in [1.82, 2.24) is 10.3 Å². The largest absolute Gasteiger partial charge is 0.462 e. The molecule has 0 radical (unpaired) electrons. The summed E-state index contributed by atoms with van der Waals surface area (Å²) in [7, 11) is 0. The van der Waals surface area contributed by atoms with Crippen LogP contribution < -0.4 is 5.32 Å². The molecule has 0 bridgehead atoms. The van der Waals surface area contributed by atoms with Crippen molar-refractivity contribution in [1.29, 1.82) is 0 Å². The highest BCUT2D eigenvalue weighted by Gasteiger charge is 2.15. The summed E-state index contributed by atoms with van der Waals surface area (Å²) in [5.74, 6) is 0.827. The van der Waals surface area contributed by atoms with Crippen molar-refractivity contribution in [3.8, 4) is 22.0 Å². The molecule has 108 valence electrons. The van der Waals surface area contributed by atoms with E-state index in [1.807, 2.05) is 30.3 Å². The van der Waals surface area contributed by atoms with Crippen molar-refractivity contribution in [2.24, 2.45) is 0 Å². The van der Waals surface area contributed by atoms with Crippen LogP contribution >= 0.6 is 11.3 Å². The van der Waals surface area contributed by atoms with Crippen LogP contribution in [0.2, 0.25) is 0 Å². The van der Waals surface area contributed by atoms with E-state index in [9.17, 15) is 0 Å². The second-order valence-electron chi connectivity index (χ2n) is 5.17. The predicted molar refractivity (Wildman–Crippen MR) is 87.2 cm³/mol. The highest BCUT2D eigenvalue weighted by Crippen LogP contribution is 2.34. The molecule has 0 spiro atoms. The Labute approximate surface area is 128 Å². The Morgan fingerprint density at radius 1 is 1.14 bits per heavy atom. The summed E-state index contributed by atoms with van der Waals surface area (Å²) in [6.45, 7) is 5.12. The minimum atomic E-state index is 0.447. The molecule has 0 atom stereocenters. The molecule has 0 aliphatic carbocycles. The first kappa shape index (κ1) is 14.0. The molecule has 4 heteroatoms. The smallest absolute Gasteiger partial charge is 0.162 e. The number of nitrogens with zero attached hydrogens (tertiary/aromatic N) is 1. The van der Waals surface area contributed by atoms with E-state index in [1.54, 1.807) is 17.6 Å². The zero-order chi connectivity index (χ0) is 14.7. The van der Waals surface area contributed by atoms with Crippen molar-refractivity contribution < 1.29 is 4.42 Å². The molecule has 0 aliphatic rings. The molecule has 2 heterocycles. The third-order valence-electron chi connectivity index (χ3n) is 3.15. The molecule has 1 aromatic carbocycles. The van der Waals surface area contributed by atoms with E-state index < -0.39 is 0 Å². The van der Waals surface area contributed by atoms with Crippen LogP contribution in [0.25, 0.3) is 22.0 Å². The lowest BCUT2D eigenvalue weighted by Gasteiger charge is -2.07. The average Bonchev–Trinajstić information content (AvgIpc) is 3.15. The van der Waals surface area contributed by atoms with Crippen LogP contribution in [0.1, 0.15) is 18.7 Å². The molecule has 0 amide bonds. The minimum Gasteiger partial charge on any atom is -0.462 e. The van der Waals surface area contributed by atoms with Gasteiger partial charge in [0.05, 0.1) is 12.0 Å². The second-order valence-corrected chi connectivity index (χ2v) is 6.25. The van der Waals surface area contributed by atoms with Crippen molar-refractivity contribution >= 4 is 11.3 Å². The SMILES string of the molecule is CC(C)NCc1sc(-c2ccco2)nc1-c1ccccc1. The van der Waals surface area contributed by atoms with E-state index in [1.165, 1.54) is 4.88 Å². The number of thiazole rings is 1. The molecule has 0 unspecified atom stereocenters. The van der Waals surface area contributed by atoms with Crippen molar-refractivity contribution in [2.45, 2.75) is 26.4 Å². The minimum absolute atomic E-state index is 0.447. The maximum atomic E-state index is 5.48. The fourth-order valence-electron chi connectivity index (χ4n) is 2.10. The molecular weight excluding hydrogens is 280 g/mol. The fraction of sp³-hybridized carbons (Fsp3) is 0.235. The molecule has 3 aromatic rings. The third kappa shape index (κ3) is 3.23. The van der Waals surface area contributed by atoms with Gasteiger partial charge in [0.1, 0.15) is 0 Å². The summed E-state index contributed by atoms with van der Waals surface area (Å²) in [5.41, 5.74) is 2.19. The van der Waals surface area contributed by atoms with Gasteiger partial charge in [0.2, 0.25) is 0 Å². The summed E-state index contributed by atoms with van der Waals surface area (Å²) >= 11 is 1.69. The predicted octanol–water partition coefficient (Wildman–Crippen LogP) is 4.57. The Morgan fingerprint density at radius 2 is 1.95 bits per heavy atom. The lowest BCUT2D eigenvalue weighted by molar-refractivity contribution is 0.582. The Kier molecular flexibility index (Phi) is 4.18. The van der Waals surface area contributed by atoms with Crippen LogP contribution in [-0.4, -0.2) is 11.0 Å². The number of aromatic nitrogens is 1. The number of furan rings is 1. The van der Waals surface area contributed by atoms with Gasteiger partial charge in [-0.05, 0) is 12.1 Å². The number of benzene rings is 1. The Morgan fingerprint density at radius 3 is 2.62 bits per heavy atom. The van der Waals surface area contributed by atoms with E-state index >= 15 is 0 Å². The van der Waals surface area contributed by atoms with Crippen molar-refractivity contribution in [3.05, 3.63) is 53.6 Å². The molecule has 3 nitrogen and oxygen atoms in total. The summed E-state index contributed by atoms with van der Waals surface area (Å²) in [4.78, 5) is 6.02. The van der Waals surface area contributed by atoms with Crippen LogP contribution in [0.3, 0.4) is 0 Å². The molecular formula is C17H18N2OS. The molecule has 1 N–H and O–H groups in total. The van der Waals surface area contributed by atoms with Gasteiger partial charge in [0, 0.05) is 23.0 Å². The first-order chi connectivity index (χ1) is 10.2. The summed E-state index contributed by atoms with van der Waals surface area (Å²) in [6.07, 6.45) is 1.69. The third-order valence-corrected chi connectivity index (χ3v) is 4.22. The van der Waals surface area contributed by atoms with E-state index in [0.717, 1.165) is 28.6 Å². The number of hydrogen-bond acceptors (Lipinski definition) is 4. The Balaban J connectivity index is 2.00. The van der Waals surface area contributed by atoms with Gasteiger partial charge in [0.15, 0.2) is 10.8 Å². The number of rotatable bonds is 5. The zero-order valence-corrected chi connectivity index (χ0v) is 13.0.